The third-order valence-electron chi connectivity index (χ3n) is 0. The standard InChI is InChI=1S/C2H6S.H3P/c1-2-3;/h3H,2H2,1H3;1H3. The summed E-state index contributed by atoms with van der Waals surface area (Å²) in [6, 6.07) is 0. The first-order valence-electron chi connectivity index (χ1n) is 1.02. The Labute approximate surface area is 36.0 Å². The van der Waals surface area contributed by atoms with Gasteiger partial charge >= 0.3 is 0 Å². The van der Waals surface area contributed by atoms with Crippen molar-refractivity contribution in [3.05, 3.63) is 0 Å². The molecule has 0 spiro atoms. The Kier molecular flexibility index (Phi) is 20.4. The summed E-state index contributed by atoms with van der Waals surface area (Å²) < 4.78 is 0. The Balaban J connectivity index is 0. The summed E-state index contributed by atoms with van der Waals surface area (Å²) in [5.41, 5.74) is 0. The van der Waals surface area contributed by atoms with Gasteiger partial charge in [-0.15, -0.1) is 0 Å². The average molecular weight is 96.1 g/mol. The van der Waals surface area contributed by atoms with Crippen molar-refractivity contribution in [2.24, 2.45) is 0 Å². The molecular formula is C2H9PS. The van der Waals surface area contributed by atoms with E-state index in [0.29, 0.717) is 0 Å². The molecule has 0 aromatic carbocycles. The van der Waals surface area contributed by atoms with Crippen molar-refractivity contribution in [1.82, 2.24) is 0 Å². The van der Waals surface area contributed by atoms with E-state index in [4.69, 9.17) is 0 Å². The fourth-order valence-corrected chi connectivity index (χ4v) is 0. The highest BCUT2D eigenvalue weighted by molar-refractivity contribution is 7.80. The van der Waals surface area contributed by atoms with E-state index >= 15 is 0 Å². The van der Waals surface area contributed by atoms with Crippen LogP contribution in [0.5, 0.6) is 0 Å². The van der Waals surface area contributed by atoms with E-state index in [1.165, 1.54) is 0 Å². The first-order valence-corrected chi connectivity index (χ1v) is 1.66. The van der Waals surface area contributed by atoms with Crippen LogP contribution in [0.3, 0.4) is 0 Å². The second-order valence-electron chi connectivity index (χ2n) is 0.316. The molecule has 0 N–H and O–H groups in total. The predicted molar refractivity (Wildman–Crippen MR) is 30.6 cm³/mol. The van der Waals surface area contributed by atoms with E-state index in [9.17, 15) is 0 Å². The first-order chi connectivity index (χ1) is 1.41. The average Bonchev–Trinajstić information content (AvgIpc) is 0.918. The highest BCUT2D eigenvalue weighted by Crippen LogP contribution is 1.58. The molecule has 0 radical (unpaired) electrons. The van der Waals surface area contributed by atoms with Crippen molar-refractivity contribution < 1.29 is 0 Å². The lowest BCUT2D eigenvalue weighted by Gasteiger charge is -1.48. The monoisotopic (exact) mass is 96.0 g/mol. The Bertz CT molecular complexity index is 6.00. The van der Waals surface area contributed by atoms with Crippen molar-refractivity contribution in [1.29, 1.82) is 0 Å². The lowest BCUT2D eigenvalue weighted by molar-refractivity contribution is 1.54. The fraction of sp³-hybridized carbons (Fsp3) is 1.00. The quantitative estimate of drug-likeness (QED) is 0.337. The molecule has 0 saturated heterocycles. The van der Waals surface area contributed by atoms with E-state index in [0.717, 1.165) is 5.75 Å². The zero-order chi connectivity index (χ0) is 2.71. The second kappa shape index (κ2) is 9.22. The summed E-state index contributed by atoms with van der Waals surface area (Å²) in [4.78, 5) is 0. The van der Waals surface area contributed by atoms with E-state index in [1.54, 1.807) is 0 Å². The summed E-state index contributed by atoms with van der Waals surface area (Å²) >= 11 is 3.79. The molecule has 2 heteroatoms. The van der Waals surface area contributed by atoms with Crippen molar-refractivity contribution in [3.63, 3.8) is 0 Å². The lowest BCUT2D eigenvalue weighted by Crippen LogP contribution is -1.36. The van der Waals surface area contributed by atoms with Crippen LogP contribution in [-0.2, 0) is 0 Å². The van der Waals surface area contributed by atoms with Gasteiger partial charge in [0.15, 0.2) is 0 Å². The van der Waals surface area contributed by atoms with E-state index < -0.39 is 0 Å². The summed E-state index contributed by atoms with van der Waals surface area (Å²) in [7, 11) is 0. The van der Waals surface area contributed by atoms with Crippen LogP contribution in [0.25, 0.3) is 0 Å². The van der Waals surface area contributed by atoms with Gasteiger partial charge < -0.3 is 0 Å². The molecule has 0 aliphatic carbocycles. The first kappa shape index (κ1) is 8.84. The zero-order valence-corrected chi connectivity index (χ0v) is 5.17. The van der Waals surface area contributed by atoms with Crippen LogP contribution < -0.4 is 0 Å². The highest BCUT2D eigenvalue weighted by Gasteiger charge is 1.35. The van der Waals surface area contributed by atoms with Crippen LogP contribution >= 0.6 is 22.5 Å². The normalized spacial score (nSPS) is 4.50. The van der Waals surface area contributed by atoms with Gasteiger partial charge in [0.2, 0.25) is 0 Å². The van der Waals surface area contributed by atoms with Gasteiger partial charge in [-0.2, -0.15) is 22.5 Å². The largest absolute Gasteiger partial charge is 0.180 e. The smallest absolute Gasteiger partial charge is 0.0126 e. The topological polar surface area (TPSA) is 0 Å². The van der Waals surface area contributed by atoms with Crippen molar-refractivity contribution in [2.75, 3.05) is 5.75 Å². The Morgan fingerprint density at radius 3 is 1.75 bits per heavy atom. The molecule has 1 unspecified atom stereocenters. The minimum atomic E-state index is 0. The van der Waals surface area contributed by atoms with Gasteiger partial charge in [-0.1, -0.05) is 6.92 Å². The maximum atomic E-state index is 3.79. The molecule has 0 bridgehead atoms. The number of hydrogen-bond acceptors (Lipinski definition) is 1. The van der Waals surface area contributed by atoms with Crippen molar-refractivity contribution in [2.45, 2.75) is 6.92 Å². The maximum Gasteiger partial charge on any atom is -0.0126 e. The van der Waals surface area contributed by atoms with Crippen LogP contribution in [-0.4, -0.2) is 5.75 Å². The summed E-state index contributed by atoms with van der Waals surface area (Å²) in [6.07, 6.45) is 0. The van der Waals surface area contributed by atoms with Crippen LogP contribution in [0.1, 0.15) is 6.92 Å². The van der Waals surface area contributed by atoms with Gasteiger partial charge in [-0.05, 0) is 5.75 Å². The zero-order valence-electron chi connectivity index (χ0n) is 2.86. The molecular weight excluding hydrogens is 87.1 g/mol. The molecule has 1 atom stereocenters. The van der Waals surface area contributed by atoms with Gasteiger partial charge in [0.25, 0.3) is 0 Å². The Hall–Kier alpha value is 0.780. The van der Waals surface area contributed by atoms with Gasteiger partial charge in [0.05, 0.1) is 0 Å². The minimum absolute atomic E-state index is 0. The highest BCUT2D eigenvalue weighted by atomic mass is 32.1. The van der Waals surface area contributed by atoms with E-state index in [2.05, 4.69) is 12.6 Å². The number of rotatable bonds is 0. The second-order valence-corrected chi connectivity index (χ2v) is 0.949. The molecule has 0 fully saturated rings. The molecule has 0 aromatic heterocycles. The van der Waals surface area contributed by atoms with Gasteiger partial charge in [0.1, 0.15) is 0 Å². The summed E-state index contributed by atoms with van der Waals surface area (Å²) in [5.74, 6) is 0.944. The van der Waals surface area contributed by atoms with Crippen molar-refractivity contribution >= 4 is 22.5 Å². The predicted octanol–water partition coefficient (Wildman–Crippen LogP) is 0.994. The molecule has 0 saturated carbocycles. The molecule has 0 aliphatic rings. The third kappa shape index (κ3) is 14.5. The van der Waals surface area contributed by atoms with Crippen LogP contribution in [0.15, 0.2) is 0 Å². The van der Waals surface area contributed by atoms with E-state index in [1.807, 2.05) is 6.92 Å². The van der Waals surface area contributed by atoms with Gasteiger partial charge in [-0.25, -0.2) is 0 Å². The fourth-order valence-electron chi connectivity index (χ4n) is 0. The van der Waals surface area contributed by atoms with Gasteiger partial charge in [0, 0.05) is 0 Å². The third-order valence-corrected chi connectivity index (χ3v) is 0. The summed E-state index contributed by atoms with van der Waals surface area (Å²) in [5, 5.41) is 0. The molecule has 0 rings (SSSR count). The Morgan fingerprint density at radius 1 is 1.75 bits per heavy atom. The van der Waals surface area contributed by atoms with Crippen LogP contribution in [0, 0.1) is 0 Å². The molecule has 0 aromatic rings. The molecule has 0 heterocycles. The van der Waals surface area contributed by atoms with Crippen LogP contribution in [0.4, 0.5) is 0 Å². The number of hydrogen-bond donors (Lipinski definition) is 1. The molecule has 4 heavy (non-hydrogen) atoms. The van der Waals surface area contributed by atoms with Gasteiger partial charge in [-0.3, -0.25) is 0 Å². The molecule has 0 nitrogen and oxygen atoms in total. The molecule has 0 amide bonds. The van der Waals surface area contributed by atoms with Crippen molar-refractivity contribution in [3.8, 4) is 0 Å². The molecule has 0 aliphatic heterocycles. The molecule has 28 valence electrons. The lowest BCUT2D eigenvalue weighted by atomic mass is 11.0. The Morgan fingerprint density at radius 2 is 1.75 bits per heavy atom. The SMILES string of the molecule is CCS.P. The van der Waals surface area contributed by atoms with Crippen LogP contribution in [0.2, 0.25) is 0 Å². The maximum absolute atomic E-state index is 3.79. The number of thiol groups is 1. The van der Waals surface area contributed by atoms with E-state index in [-0.39, 0.29) is 9.90 Å². The summed E-state index contributed by atoms with van der Waals surface area (Å²) in [6.45, 7) is 1.99. The minimum Gasteiger partial charge on any atom is -0.180 e.